The molecule has 1 aromatic carbocycles. The molecule has 1 aliphatic carbocycles. The summed E-state index contributed by atoms with van der Waals surface area (Å²) in [6.07, 6.45) is 9.33. The Morgan fingerprint density at radius 2 is 1.81 bits per heavy atom. The molecular formula is C31H37ClN6O3S. The Morgan fingerprint density at radius 1 is 1.05 bits per heavy atom. The summed E-state index contributed by atoms with van der Waals surface area (Å²) in [5.41, 5.74) is 3.91. The lowest BCUT2D eigenvalue weighted by molar-refractivity contribution is -0.121. The van der Waals surface area contributed by atoms with E-state index in [0.717, 1.165) is 65.3 Å². The van der Waals surface area contributed by atoms with Crippen LogP contribution in [0.4, 0.5) is 4.79 Å². The number of alkyl carbamates (subject to hydrolysis) is 1. The van der Waals surface area contributed by atoms with Crippen LogP contribution in [0.5, 0.6) is 0 Å². The van der Waals surface area contributed by atoms with Gasteiger partial charge in [-0.1, -0.05) is 35.9 Å². The third-order valence-corrected chi connectivity index (χ3v) is 9.12. The summed E-state index contributed by atoms with van der Waals surface area (Å²) in [6.45, 7) is 6.96. The van der Waals surface area contributed by atoms with Gasteiger partial charge >= 0.3 is 6.09 Å². The largest absolute Gasteiger partial charge is 0.446 e. The Kier molecular flexibility index (Phi) is 9.74. The normalized spacial score (nSPS) is 18.9. The van der Waals surface area contributed by atoms with Crippen LogP contribution in [0, 0.1) is 20.8 Å². The van der Waals surface area contributed by atoms with E-state index in [9.17, 15) is 9.59 Å². The monoisotopic (exact) mass is 608 g/mol. The van der Waals surface area contributed by atoms with Gasteiger partial charge in [0, 0.05) is 34.1 Å². The summed E-state index contributed by atoms with van der Waals surface area (Å²) in [5.74, 6) is 1.25. The lowest BCUT2D eigenvalue weighted by Crippen LogP contribution is -2.32. The van der Waals surface area contributed by atoms with E-state index < -0.39 is 12.1 Å². The molecule has 2 aromatic heterocycles. The molecule has 2 atom stereocenters. The van der Waals surface area contributed by atoms with Gasteiger partial charge in [-0.2, -0.15) is 0 Å². The standard InChI is InChI=1S/C31H37ClN6O3S/c1-19-20(2)42-30-27(19)28(22-12-14-23(32)15-13-22)35-25(29-37-36-21(3)38(29)30)18-26(39)33-16-9-17-34-31(40)41-24-10-7-5-4-6-8-11-24/h4-5,12-15,24-25H,6-11,16-18H2,1-3H3,(H,33,39)(H,34,40)/b5-4-. The summed E-state index contributed by atoms with van der Waals surface area (Å²) in [6, 6.07) is 7.10. The number of thiophene rings is 1. The fourth-order valence-corrected chi connectivity index (χ4v) is 6.66. The van der Waals surface area contributed by atoms with Gasteiger partial charge in [0.15, 0.2) is 5.82 Å². The first-order valence-electron chi connectivity index (χ1n) is 14.5. The molecule has 5 rings (SSSR count). The summed E-state index contributed by atoms with van der Waals surface area (Å²) in [7, 11) is 0. The lowest BCUT2D eigenvalue weighted by atomic mass is 9.99. The van der Waals surface area contributed by atoms with Crippen molar-refractivity contribution in [3.8, 4) is 5.00 Å². The number of nitrogens with zero attached hydrogens (tertiary/aromatic N) is 4. The van der Waals surface area contributed by atoms with Gasteiger partial charge in [-0.3, -0.25) is 14.4 Å². The molecule has 2 N–H and O–H groups in total. The van der Waals surface area contributed by atoms with Gasteiger partial charge in [-0.05, 0) is 77.0 Å². The van der Waals surface area contributed by atoms with Gasteiger partial charge < -0.3 is 15.4 Å². The minimum absolute atomic E-state index is 0.0457. The third kappa shape index (κ3) is 6.93. The van der Waals surface area contributed by atoms with Crippen LogP contribution in [0.1, 0.15) is 84.2 Å². The van der Waals surface area contributed by atoms with Crippen molar-refractivity contribution in [2.45, 2.75) is 77.9 Å². The number of aliphatic imine (C=N–C) groups is 1. The number of rotatable bonds is 8. The first kappa shape index (κ1) is 30.0. The summed E-state index contributed by atoms with van der Waals surface area (Å²) >= 11 is 7.87. The quantitative estimate of drug-likeness (QED) is 0.230. The number of aryl methyl sites for hydroxylation is 2. The van der Waals surface area contributed by atoms with Crippen molar-refractivity contribution < 1.29 is 14.3 Å². The number of aromatic nitrogens is 3. The minimum atomic E-state index is -0.525. The van der Waals surface area contributed by atoms with Crippen molar-refractivity contribution in [1.82, 2.24) is 25.4 Å². The zero-order chi connectivity index (χ0) is 29.6. The number of nitrogens with one attached hydrogen (secondary N) is 2. The second-order valence-corrected chi connectivity index (χ2v) is 12.4. The number of ether oxygens (including phenoxy) is 1. The Morgan fingerprint density at radius 3 is 2.62 bits per heavy atom. The van der Waals surface area contributed by atoms with Crippen LogP contribution in [0.25, 0.3) is 5.00 Å². The van der Waals surface area contributed by atoms with E-state index in [1.165, 1.54) is 4.88 Å². The van der Waals surface area contributed by atoms with Gasteiger partial charge in [0.05, 0.1) is 12.1 Å². The molecule has 1 aliphatic heterocycles. The summed E-state index contributed by atoms with van der Waals surface area (Å²) in [5, 5.41) is 16.2. The van der Waals surface area contributed by atoms with Crippen molar-refractivity contribution >= 4 is 40.6 Å². The first-order valence-corrected chi connectivity index (χ1v) is 15.7. The van der Waals surface area contributed by atoms with Crippen molar-refractivity contribution in [1.29, 1.82) is 0 Å². The molecule has 42 heavy (non-hydrogen) atoms. The van der Waals surface area contributed by atoms with E-state index in [2.05, 4.69) is 46.8 Å². The summed E-state index contributed by atoms with van der Waals surface area (Å²) < 4.78 is 7.62. The number of fused-ring (bicyclic) bond motifs is 3. The van der Waals surface area contributed by atoms with E-state index >= 15 is 0 Å². The van der Waals surface area contributed by atoms with Gasteiger partial charge in [-0.15, -0.1) is 21.5 Å². The molecular weight excluding hydrogens is 572 g/mol. The Bertz CT molecular complexity index is 1490. The molecule has 222 valence electrons. The highest BCUT2D eigenvalue weighted by molar-refractivity contribution is 7.15. The number of hydrogen-bond acceptors (Lipinski definition) is 7. The van der Waals surface area contributed by atoms with Crippen LogP contribution in [0.2, 0.25) is 5.02 Å². The van der Waals surface area contributed by atoms with Gasteiger partial charge in [0.2, 0.25) is 5.91 Å². The van der Waals surface area contributed by atoms with Crippen molar-refractivity contribution in [3.63, 3.8) is 0 Å². The number of carbonyl (C=O) groups is 2. The number of hydrogen-bond donors (Lipinski definition) is 2. The Hall–Kier alpha value is -3.50. The van der Waals surface area contributed by atoms with E-state index in [-0.39, 0.29) is 18.4 Å². The highest BCUT2D eigenvalue weighted by Gasteiger charge is 2.32. The minimum Gasteiger partial charge on any atom is -0.446 e. The molecule has 11 heteroatoms. The maximum Gasteiger partial charge on any atom is 0.407 e. The second-order valence-electron chi connectivity index (χ2n) is 10.7. The molecule has 2 aliphatic rings. The highest BCUT2D eigenvalue weighted by atomic mass is 35.5. The number of halogens is 1. The maximum absolute atomic E-state index is 13.1. The number of amides is 2. The van der Waals surface area contributed by atoms with Crippen molar-refractivity contribution in [3.05, 3.63) is 74.7 Å². The molecule has 0 spiro atoms. The van der Waals surface area contributed by atoms with Crippen LogP contribution in [0.15, 0.2) is 41.4 Å². The van der Waals surface area contributed by atoms with E-state index in [1.54, 1.807) is 11.3 Å². The average Bonchev–Trinajstić information content (AvgIpc) is 3.42. The zero-order valence-electron chi connectivity index (χ0n) is 24.3. The first-order chi connectivity index (χ1) is 20.3. The smallest absolute Gasteiger partial charge is 0.407 e. The second kappa shape index (κ2) is 13.6. The number of allylic oxidation sites excluding steroid dienone is 2. The molecule has 3 aromatic rings. The van der Waals surface area contributed by atoms with E-state index in [1.807, 2.05) is 35.8 Å². The molecule has 2 unspecified atom stereocenters. The Labute approximate surface area is 255 Å². The SMILES string of the molecule is Cc1sc2c(c1C)C(c1ccc(Cl)cc1)=NC(CC(=O)NCCCNC(=O)OC1CC/C=C\CCC1)c1nnc(C)n1-2. The number of carbonyl (C=O) groups excluding carboxylic acids is 2. The molecule has 0 fully saturated rings. The summed E-state index contributed by atoms with van der Waals surface area (Å²) in [4.78, 5) is 31.7. The van der Waals surface area contributed by atoms with Crippen LogP contribution in [0.3, 0.4) is 0 Å². The molecule has 3 heterocycles. The molecule has 0 saturated carbocycles. The molecule has 0 radical (unpaired) electrons. The van der Waals surface area contributed by atoms with Gasteiger partial charge in [0.25, 0.3) is 0 Å². The van der Waals surface area contributed by atoms with Crippen molar-refractivity contribution in [2.24, 2.45) is 4.99 Å². The fraction of sp³-hybridized carbons (Fsp3) is 0.452. The van der Waals surface area contributed by atoms with E-state index in [4.69, 9.17) is 21.3 Å². The lowest BCUT2D eigenvalue weighted by Gasteiger charge is -2.18. The highest BCUT2D eigenvalue weighted by Crippen LogP contribution is 2.39. The van der Waals surface area contributed by atoms with E-state index in [0.29, 0.717) is 30.4 Å². The van der Waals surface area contributed by atoms with Gasteiger partial charge in [-0.25, -0.2) is 4.79 Å². The molecule has 0 saturated heterocycles. The maximum atomic E-state index is 13.1. The predicted molar refractivity (Wildman–Crippen MR) is 166 cm³/mol. The molecule has 9 nitrogen and oxygen atoms in total. The predicted octanol–water partition coefficient (Wildman–Crippen LogP) is 6.31. The third-order valence-electron chi connectivity index (χ3n) is 7.67. The number of benzene rings is 1. The fourth-order valence-electron chi connectivity index (χ4n) is 5.32. The topological polar surface area (TPSA) is 110 Å². The van der Waals surface area contributed by atoms with Crippen molar-refractivity contribution in [2.75, 3.05) is 13.1 Å². The zero-order valence-corrected chi connectivity index (χ0v) is 25.9. The molecule has 0 bridgehead atoms. The van der Waals surface area contributed by atoms with Crippen LogP contribution >= 0.6 is 22.9 Å². The molecule has 2 amide bonds. The van der Waals surface area contributed by atoms with Crippen LogP contribution in [-0.4, -0.2) is 51.7 Å². The van der Waals surface area contributed by atoms with Crippen LogP contribution in [-0.2, 0) is 9.53 Å². The average molecular weight is 609 g/mol. The Balaban J connectivity index is 1.23. The van der Waals surface area contributed by atoms with Crippen LogP contribution < -0.4 is 10.6 Å². The van der Waals surface area contributed by atoms with Gasteiger partial charge in [0.1, 0.15) is 23.0 Å².